The van der Waals surface area contributed by atoms with Crippen LogP contribution in [0.5, 0.6) is 0 Å². The lowest BCUT2D eigenvalue weighted by Crippen LogP contribution is -1.90. The molecule has 5 rings (SSSR count). The lowest BCUT2D eigenvalue weighted by molar-refractivity contribution is 0.582. The van der Waals surface area contributed by atoms with Gasteiger partial charge in [0.1, 0.15) is 11.6 Å². The maximum Gasteiger partial charge on any atom is 0.177 e. The minimum absolute atomic E-state index is 0.728. The Kier molecular flexibility index (Phi) is 3.13. The van der Waals surface area contributed by atoms with Crippen molar-refractivity contribution in [3.63, 3.8) is 0 Å². The highest BCUT2D eigenvalue weighted by molar-refractivity contribution is 5.83. The highest BCUT2D eigenvalue weighted by atomic mass is 16.3. The number of H-pyrrole nitrogens is 1. The van der Waals surface area contributed by atoms with Crippen LogP contribution >= 0.6 is 0 Å². The molecule has 0 unspecified atom stereocenters. The molecular weight excluding hydrogens is 310 g/mol. The molecule has 2 aromatic carbocycles. The Bertz CT molecular complexity index is 1170. The molecule has 1 N–H and O–H groups in total. The van der Waals surface area contributed by atoms with Crippen molar-refractivity contribution in [1.29, 1.82) is 0 Å². The topological polar surface area (TPSA) is 54.7 Å². The van der Waals surface area contributed by atoms with Crippen LogP contribution in [0.4, 0.5) is 0 Å². The molecule has 120 valence electrons. The Morgan fingerprint density at radius 3 is 2.72 bits per heavy atom. The SMILES string of the molecule is c1coc(-c2cnc3nc(Cc4ccc5ccccc5c4)[nH]c3c2)c1. The number of nitrogens with one attached hydrogen (secondary N) is 1. The first-order valence-electron chi connectivity index (χ1n) is 8.21. The average molecular weight is 325 g/mol. The number of fused-ring (bicyclic) bond motifs is 2. The van der Waals surface area contributed by atoms with Crippen LogP contribution in [0.1, 0.15) is 11.4 Å². The summed E-state index contributed by atoms with van der Waals surface area (Å²) >= 11 is 0. The van der Waals surface area contributed by atoms with E-state index < -0.39 is 0 Å². The summed E-state index contributed by atoms with van der Waals surface area (Å²) in [5, 5.41) is 2.50. The van der Waals surface area contributed by atoms with Crippen molar-refractivity contribution >= 4 is 21.9 Å². The molecule has 25 heavy (non-hydrogen) atoms. The molecule has 5 aromatic rings. The van der Waals surface area contributed by atoms with E-state index in [4.69, 9.17) is 4.42 Å². The zero-order valence-corrected chi connectivity index (χ0v) is 13.4. The van der Waals surface area contributed by atoms with Gasteiger partial charge in [0, 0.05) is 18.2 Å². The van der Waals surface area contributed by atoms with Crippen LogP contribution in [0.2, 0.25) is 0 Å². The molecule has 3 heterocycles. The van der Waals surface area contributed by atoms with Gasteiger partial charge in [-0.15, -0.1) is 0 Å². The minimum Gasteiger partial charge on any atom is -0.464 e. The summed E-state index contributed by atoms with van der Waals surface area (Å²) < 4.78 is 5.44. The van der Waals surface area contributed by atoms with Crippen LogP contribution in [0.25, 0.3) is 33.3 Å². The summed E-state index contributed by atoms with van der Waals surface area (Å²) in [6, 6.07) is 20.7. The Hall–Kier alpha value is -3.40. The number of furan rings is 1. The predicted molar refractivity (Wildman–Crippen MR) is 98.3 cm³/mol. The van der Waals surface area contributed by atoms with Gasteiger partial charge in [-0.2, -0.15) is 0 Å². The third-order valence-electron chi connectivity index (χ3n) is 4.38. The monoisotopic (exact) mass is 325 g/mol. The fourth-order valence-electron chi connectivity index (χ4n) is 3.15. The Morgan fingerprint density at radius 2 is 1.84 bits per heavy atom. The molecule has 0 radical (unpaired) electrons. The summed E-state index contributed by atoms with van der Waals surface area (Å²) in [6.45, 7) is 0. The maximum atomic E-state index is 5.44. The van der Waals surface area contributed by atoms with Crippen molar-refractivity contribution in [3.8, 4) is 11.3 Å². The first kappa shape index (κ1) is 14.0. The number of hydrogen-bond donors (Lipinski definition) is 1. The fraction of sp³-hybridized carbons (Fsp3) is 0.0476. The van der Waals surface area contributed by atoms with E-state index in [0.717, 1.165) is 34.7 Å². The van der Waals surface area contributed by atoms with Crippen LogP contribution in [-0.4, -0.2) is 15.0 Å². The molecule has 0 saturated carbocycles. The molecule has 0 saturated heterocycles. The Morgan fingerprint density at radius 1 is 0.920 bits per heavy atom. The van der Waals surface area contributed by atoms with Gasteiger partial charge in [0.15, 0.2) is 5.65 Å². The first-order valence-corrected chi connectivity index (χ1v) is 8.21. The van der Waals surface area contributed by atoms with Crippen molar-refractivity contribution < 1.29 is 4.42 Å². The highest BCUT2D eigenvalue weighted by Crippen LogP contribution is 2.23. The van der Waals surface area contributed by atoms with Gasteiger partial charge in [0.2, 0.25) is 0 Å². The molecule has 4 nitrogen and oxygen atoms in total. The summed E-state index contributed by atoms with van der Waals surface area (Å²) in [5.41, 5.74) is 3.82. The third kappa shape index (κ3) is 2.58. The molecule has 0 amide bonds. The standard InChI is InChI=1S/C21H15N3O/c1-2-5-16-10-14(7-8-15(16)4-1)11-20-23-18-12-17(13-22-21(18)24-20)19-6-3-9-25-19/h1-10,12-13H,11H2,(H,22,23,24). The molecule has 0 aliphatic rings. The summed E-state index contributed by atoms with van der Waals surface area (Å²) in [5.74, 6) is 1.72. The molecule has 0 atom stereocenters. The van der Waals surface area contributed by atoms with Gasteiger partial charge in [-0.1, -0.05) is 42.5 Å². The van der Waals surface area contributed by atoms with Gasteiger partial charge in [0.25, 0.3) is 0 Å². The minimum atomic E-state index is 0.728. The second-order valence-corrected chi connectivity index (χ2v) is 6.11. The molecule has 0 aliphatic carbocycles. The Labute approximate surface area is 144 Å². The van der Waals surface area contributed by atoms with Crippen molar-refractivity contribution in [3.05, 3.63) is 84.5 Å². The molecule has 0 fully saturated rings. The quantitative estimate of drug-likeness (QED) is 0.510. The van der Waals surface area contributed by atoms with Crippen LogP contribution in [0, 0.1) is 0 Å². The van der Waals surface area contributed by atoms with Crippen LogP contribution in [0.15, 0.2) is 77.5 Å². The molecule has 0 bridgehead atoms. The van der Waals surface area contributed by atoms with Crippen molar-refractivity contribution in [2.45, 2.75) is 6.42 Å². The van der Waals surface area contributed by atoms with Gasteiger partial charge >= 0.3 is 0 Å². The number of benzene rings is 2. The first-order chi connectivity index (χ1) is 12.3. The van der Waals surface area contributed by atoms with Crippen LogP contribution < -0.4 is 0 Å². The average Bonchev–Trinajstić information content (AvgIpc) is 3.30. The van der Waals surface area contributed by atoms with E-state index in [0.29, 0.717) is 0 Å². The van der Waals surface area contributed by atoms with Crippen molar-refractivity contribution in [2.24, 2.45) is 0 Å². The van der Waals surface area contributed by atoms with E-state index in [2.05, 4.69) is 57.4 Å². The second-order valence-electron chi connectivity index (χ2n) is 6.11. The smallest absolute Gasteiger partial charge is 0.177 e. The zero-order chi connectivity index (χ0) is 16.6. The van der Waals surface area contributed by atoms with Gasteiger partial charge in [-0.3, -0.25) is 0 Å². The Balaban J connectivity index is 1.49. The van der Waals surface area contributed by atoms with Crippen LogP contribution in [-0.2, 0) is 6.42 Å². The molecule has 4 heteroatoms. The van der Waals surface area contributed by atoms with E-state index >= 15 is 0 Å². The number of hydrogen-bond acceptors (Lipinski definition) is 3. The number of rotatable bonds is 3. The van der Waals surface area contributed by atoms with E-state index in [1.807, 2.05) is 18.2 Å². The van der Waals surface area contributed by atoms with Gasteiger partial charge in [0.05, 0.1) is 11.8 Å². The van der Waals surface area contributed by atoms with E-state index in [1.54, 1.807) is 12.5 Å². The molecule has 0 spiro atoms. The normalized spacial score (nSPS) is 11.4. The zero-order valence-electron chi connectivity index (χ0n) is 13.4. The maximum absolute atomic E-state index is 5.44. The molecule has 3 aromatic heterocycles. The van der Waals surface area contributed by atoms with E-state index in [1.165, 1.54) is 16.3 Å². The third-order valence-corrected chi connectivity index (χ3v) is 4.38. The highest BCUT2D eigenvalue weighted by Gasteiger charge is 2.08. The molecular formula is C21H15N3O. The number of imidazole rings is 1. The number of pyridine rings is 1. The van der Waals surface area contributed by atoms with Crippen molar-refractivity contribution in [2.75, 3.05) is 0 Å². The lowest BCUT2D eigenvalue weighted by Gasteiger charge is -2.01. The largest absolute Gasteiger partial charge is 0.464 e. The lowest BCUT2D eigenvalue weighted by atomic mass is 10.1. The van der Waals surface area contributed by atoms with E-state index in [-0.39, 0.29) is 0 Å². The predicted octanol–water partition coefficient (Wildman–Crippen LogP) is 4.96. The van der Waals surface area contributed by atoms with E-state index in [9.17, 15) is 0 Å². The molecule has 0 aliphatic heterocycles. The number of aromatic nitrogens is 3. The number of nitrogens with zero attached hydrogens (tertiary/aromatic N) is 2. The van der Waals surface area contributed by atoms with Crippen LogP contribution in [0.3, 0.4) is 0 Å². The van der Waals surface area contributed by atoms with Gasteiger partial charge in [-0.05, 0) is 34.5 Å². The number of aromatic amines is 1. The van der Waals surface area contributed by atoms with Crippen molar-refractivity contribution in [1.82, 2.24) is 15.0 Å². The summed E-state index contributed by atoms with van der Waals surface area (Å²) in [7, 11) is 0. The fourth-order valence-corrected chi connectivity index (χ4v) is 3.15. The van der Waals surface area contributed by atoms with Gasteiger partial charge < -0.3 is 9.40 Å². The summed E-state index contributed by atoms with van der Waals surface area (Å²) in [6.07, 6.45) is 4.21. The second kappa shape index (κ2) is 5.60. The van der Waals surface area contributed by atoms with Gasteiger partial charge in [-0.25, -0.2) is 9.97 Å². The summed E-state index contributed by atoms with van der Waals surface area (Å²) in [4.78, 5) is 12.4.